The van der Waals surface area contributed by atoms with Gasteiger partial charge >= 0.3 is 0 Å². The molecule has 69 heavy (non-hydrogen) atoms. The molecular weight excluding hydrogens is 857 g/mol. The zero-order valence-electron chi connectivity index (χ0n) is 58.7. The Labute approximate surface area is 432 Å². The Morgan fingerprint density at radius 2 is 0.884 bits per heavy atom. The lowest BCUT2D eigenvalue weighted by molar-refractivity contribution is 0.670. The van der Waals surface area contributed by atoms with Gasteiger partial charge in [0.2, 0.25) is 0 Å². The fourth-order valence-corrected chi connectivity index (χ4v) is 13.8. The summed E-state index contributed by atoms with van der Waals surface area (Å²) in [6.07, 6.45) is 0. The highest BCUT2D eigenvalue weighted by atomic mass is 28.3. The normalized spacial score (nSPS) is 16.4. The maximum atomic E-state index is 10.1. The molecule has 13 aromatic rings. The molecule has 0 saturated carbocycles. The van der Waals surface area contributed by atoms with Crippen LogP contribution in [0.5, 0.6) is 0 Å². The van der Waals surface area contributed by atoms with Gasteiger partial charge in [0.1, 0.15) is 11.2 Å². The lowest BCUT2D eigenvalue weighted by Crippen LogP contribution is -2.74. The van der Waals surface area contributed by atoms with Crippen LogP contribution >= 0.6 is 0 Å². The van der Waals surface area contributed by atoms with E-state index in [1.165, 1.54) is 0 Å². The predicted octanol–water partition coefficient (Wildman–Crippen LogP) is 12.9. The highest BCUT2D eigenvalue weighted by Crippen LogP contribution is 2.38. The van der Waals surface area contributed by atoms with Gasteiger partial charge in [0.15, 0.2) is 25.5 Å². The van der Waals surface area contributed by atoms with Crippen molar-refractivity contribution in [3.63, 3.8) is 0 Å². The zero-order valence-corrected chi connectivity index (χ0v) is 36.7. The third-order valence-electron chi connectivity index (χ3n) is 11.9. The van der Waals surface area contributed by atoms with E-state index >= 15 is 0 Å². The smallest absolute Gasteiger partial charge is 0.179 e. The minimum Gasteiger partial charge on any atom is -0.455 e. The molecule has 5 nitrogen and oxygen atoms in total. The molecule has 0 radical (unpaired) electrons. The number of rotatable bonds is 9. The molecule has 0 saturated heterocycles. The van der Waals surface area contributed by atoms with Crippen molar-refractivity contribution >= 4 is 72.6 Å². The fraction of sp³-hybridized carbons (Fsp3) is 0. The van der Waals surface area contributed by atoms with Crippen molar-refractivity contribution < 1.29 is 35.9 Å². The summed E-state index contributed by atoms with van der Waals surface area (Å²) in [5.41, 5.74) is -5.11. The molecule has 0 aliphatic rings. The number of aromatic nitrogens is 4. The number of hydrogen-bond donors (Lipinski definition) is 0. The molecule has 0 aliphatic heterocycles. The van der Waals surface area contributed by atoms with E-state index in [2.05, 4.69) is 0 Å². The van der Waals surface area contributed by atoms with Crippen LogP contribution in [-0.2, 0) is 0 Å². The molecule has 6 heteroatoms. The minimum absolute atomic E-state index is 0.215. The first-order valence-corrected chi connectivity index (χ1v) is 23.5. The third-order valence-corrected chi connectivity index (χ3v) is 16.7. The molecule has 0 fully saturated rings. The van der Waals surface area contributed by atoms with Crippen molar-refractivity contribution in [1.29, 1.82) is 0 Å². The lowest BCUT2D eigenvalue weighted by Gasteiger charge is -2.34. The molecule has 0 bridgehead atoms. The van der Waals surface area contributed by atoms with Crippen LogP contribution in [0.15, 0.2) is 259 Å². The van der Waals surface area contributed by atoms with Gasteiger partial charge in [-0.05, 0) is 62.6 Å². The summed E-state index contributed by atoms with van der Waals surface area (Å²) in [4.78, 5) is 14.5. The van der Waals surface area contributed by atoms with Crippen LogP contribution in [0.4, 0.5) is 0 Å². The standard InChI is InChI=1S/C63H42N4OSi/c1-4-25-48(26-5-1)69(49-27-6-2-7-28-49,50-29-8-3-9-30-50)51-31-18-23-46(42-51)63-65-61(44-21-16-20-43(40-44)52-35-19-36-56-55-34-12-15-39-59(55)68-60(52)56)64-62(66-63)45-22-17-24-47(41-45)67-57-37-13-10-32-53(57)54-33-11-14-38-58(54)67/h1-42H/i10D,11D,12D,13D,14D,15D,16D,17D,19D,20D,21D,22D,24D,32D,33D,34D,35D,36D,37D,38D,39D,40D,41D. The van der Waals surface area contributed by atoms with E-state index in [0.29, 0.717) is 0 Å². The van der Waals surface area contributed by atoms with Gasteiger partial charge in [-0.3, -0.25) is 0 Å². The average molecular weight is 922 g/mol. The fourth-order valence-electron chi connectivity index (χ4n) is 8.97. The molecule has 13 rings (SSSR count). The van der Waals surface area contributed by atoms with E-state index in [4.69, 9.17) is 35.8 Å². The first kappa shape index (κ1) is 23.2. The van der Waals surface area contributed by atoms with Gasteiger partial charge in [0.25, 0.3) is 0 Å². The minimum atomic E-state index is -3.40. The second kappa shape index (κ2) is 16.7. The second-order valence-corrected chi connectivity index (χ2v) is 19.6. The van der Waals surface area contributed by atoms with Crippen LogP contribution in [-0.4, -0.2) is 27.6 Å². The van der Waals surface area contributed by atoms with Crippen molar-refractivity contribution in [3.8, 4) is 51.0 Å². The third kappa shape index (κ3) is 6.80. The first-order chi connectivity index (χ1) is 43.8. The average Bonchev–Trinajstić information content (AvgIpc) is 1.49. The number of fused-ring (bicyclic) bond motifs is 6. The second-order valence-electron chi connectivity index (χ2n) is 15.8. The molecule has 0 amide bonds. The molecule has 0 unspecified atom stereocenters. The summed E-state index contributed by atoms with van der Waals surface area (Å²) in [6, 6.07) is 18.1. The summed E-state index contributed by atoms with van der Waals surface area (Å²) >= 11 is 0. The number of benzene rings is 10. The van der Waals surface area contributed by atoms with Crippen LogP contribution in [0, 0.1) is 0 Å². The number of hydrogen-bond acceptors (Lipinski definition) is 4. The topological polar surface area (TPSA) is 56.7 Å². The monoisotopic (exact) mass is 921 g/mol. The molecule has 3 aromatic heterocycles. The SMILES string of the molecule is [2H]c1c([2H])c(-c2nc(-c3cccc([Si](c4ccccc4)(c4ccccc4)c4ccccc4)c3)nc(-c3c([2H])c([2H])c([2H])c(-n4c5c([2H])c([2H])c([2H])c([2H])c5c5c([2H])c([2H])c([2H])c([2H])c54)c3[2H])n2)c([2H])c(-c2c([2H])c([2H])c([2H])c3c2oc2c([2H])c([2H])c([2H])c([2H])c23)c1[2H]. The maximum absolute atomic E-state index is 10.1. The largest absolute Gasteiger partial charge is 0.455 e. The van der Waals surface area contributed by atoms with Crippen molar-refractivity contribution in [2.45, 2.75) is 0 Å². The first-order valence-electron chi connectivity index (χ1n) is 33.0. The Hall–Kier alpha value is -8.97. The van der Waals surface area contributed by atoms with Gasteiger partial charge in [-0.2, -0.15) is 0 Å². The van der Waals surface area contributed by atoms with Gasteiger partial charge < -0.3 is 8.98 Å². The molecule has 0 atom stereocenters. The summed E-state index contributed by atoms with van der Waals surface area (Å²) in [7, 11) is -3.40. The van der Waals surface area contributed by atoms with Crippen molar-refractivity contribution in [1.82, 2.24) is 19.5 Å². The highest BCUT2D eigenvalue weighted by Gasteiger charge is 2.41. The maximum Gasteiger partial charge on any atom is 0.179 e. The Morgan fingerprint density at radius 3 is 1.52 bits per heavy atom. The molecule has 0 N–H and O–H groups in total. The van der Waals surface area contributed by atoms with Gasteiger partial charge in [-0.25, -0.2) is 15.0 Å². The van der Waals surface area contributed by atoms with Crippen molar-refractivity contribution in [2.75, 3.05) is 0 Å². The number of furan rings is 1. The summed E-state index contributed by atoms with van der Waals surface area (Å²) < 4.78 is 217. The van der Waals surface area contributed by atoms with E-state index in [1.54, 1.807) is 12.1 Å². The quantitative estimate of drug-likeness (QED) is 0.107. The van der Waals surface area contributed by atoms with E-state index in [1.807, 2.05) is 103 Å². The number of para-hydroxylation sites is 4. The van der Waals surface area contributed by atoms with Crippen LogP contribution in [0.1, 0.15) is 31.5 Å². The predicted molar refractivity (Wildman–Crippen MR) is 287 cm³/mol. The molecule has 3 heterocycles. The van der Waals surface area contributed by atoms with Crippen LogP contribution in [0.3, 0.4) is 0 Å². The lowest BCUT2D eigenvalue weighted by atomic mass is 10.00. The van der Waals surface area contributed by atoms with Gasteiger partial charge in [-0.1, -0.05) is 218 Å². The Bertz CT molecular complexity index is 5230. The summed E-state index contributed by atoms with van der Waals surface area (Å²) in [5, 5.41) is 2.09. The highest BCUT2D eigenvalue weighted by molar-refractivity contribution is 7.19. The van der Waals surface area contributed by atoms with Crippen LogP contribution in [0.25, 0.3) is 94.7 Å². The van der Waals surface area contributed by atoms with Crippen LogP contribution in [0.2, 0.25) is 0 Å². The Kier molecular flexibility index (Phi) is 5.61. The van der Waals surface area contributed by atoms with Crippen molar-refractivity contribution in [2.24, 2.45) is 0 Å². The molecule has 10 aromatic carbocycles. The van der Waals surface area contributed by atoms with E-state index in [9.17, 15) is 15.1 Å². The van der Waals surface area contributed by atoms with E-state index < -0.39 is 220 Å². The van der Waals surface area contributed by atoms with E-state index in [-0.39, 0.29) is 22.2 Å². The Balaban J connectivity index is 1.17. The van der Waals surface area contributed by atoms with Gasteiger partial charge in [0.05, 0.1) is 42.6 Å². The molecular formula is C63H42N4OSi. The van der Waals surface area contributed by atoms with E-state index in [0.717, 1.165) is 25.3 Å². The molecule has 0 spiro atoms. The van der Waals surface area contributed by atoms with Crippen LogP contribution < -0.4 is 20.7 Å². The summed E-state index contributed by atoms with van der Waals surface area (Å²) in [6.45, 7) is 0. The summed E-state index contributed by atoms with van der Waals surface area (Å²) in [5.74, 6) is -1.61. The zero-order chi connectivity index (χ0) is 65.7. The molecule has 0 aliphatic carbocycles. The molecule has 324 valence electrons. The van der Waals surface area contributed by atoms with Gasteiger partial charge in [-0.15, -0.1) is 0 Å². The number of nitrogens with zero attached hydrogens (tertiary/aromatic N) is 4. The van der Waals surface area contributed by atoms with Gasteiger partial charge in [0, 0.05) is 49.5 Å². The van der Waals surface area contributed by atoms with Crippen molar-refractivity contribution in [3.05, 3.63) is 254 Å². The Morgan fingerprint density at radius 1 is 0.391 bits per heavy atom.